The number of nitrogens with zero attached hydrogens (tertiary/aromatic N) is 2. The first-order chi connectivity index (χ1) is 16.0. The number of hydrogen-bond donors (Lipinski definition) is 2. The van der Waals surface area contributed by atoms with Gasteiger partial charge in [-0.15, -0.1) is 0 Å². The molecule has 2 aromatic rings. The highest BCUT2D eigenvalue weighted by atomic mass is 31.2. The third-order valence-electron chi connectivity index (χ3n) is 6.08. The van der Waals surface area contributed by atoms with Crippen molar-refractivity contribution in [2.45, 2.75) is 50.5 Å². The lowest BCUT2D eigenvalue weighted by molar-refractivity contribution is -0.174. The predicted octanol–water partition coefficient (Wildman–Crippen LogP) is 3.64. The lowest BCUT2D eigenvalue weighted by atomic mass is 10.1. The molecule has 0 spiro atoms. The van der Waals surface area contributed by atoms with Crippen molar-refractivity contribution in [3.63, 3.8) is 0 Å². The number of nitrogens with one attached hydrogen (secondary N) is 1. The molecule has 0 bridgehead atoms. The summed E-state index contributed by atoms with van der Waals surface area (Å²) in [5.41, 5.74) is 1.72. The molecule has 2 fully saturated rings. The van der Waals surface area contributed by atoms with E-state index in [1.54, 1.807) is 0 Å². The normalized spacial score (nSPS) is 23.4. The van der Waals surface area contributed by atoms with Crippen molar-refractivity contribution in [1.82, 2.24) is 15.1 Å². The average Bonchev–Trinajstić information content (AvgIpc) is 2.97. The number of carboxylic acid groups (broad SMARTS) is 1. The second kappa shape index (κ2) is 10.6. The van der Waals surface area contributed by atoms with Crippen LogP contribution >= 0.6 is 7.52 Å². The zero-order valence-corrected chi connectivity index (χ0v) is 19.4. The van der Waals surface area contributed by atoms with Crippen LogP contribution < -0.4 is 5.09 Å². The van der Waals surface area contributed by atoms with Crippen molar-refractivity contribution in [3.05, 3.63) is 71.8 Å². The molecule has 9 heteroatoms. The van der Waals surface area contributed by atoms with E-state index in [0.717, 1.165) is 17.5 Å². The Kier molecular flexibility index (Phi) is 7.60. The van der Waals surface area contributed by atoms with Gasteiger partial charge >= 0.3 is 5.97 Å². The van der Waals surface area contributed by atoms with Crippen LogP contribution in [-0.4, -0.2) is 52.2 Å². The van der Waals surface area contributed by atoms with Crippen LogP contribution in [0.25, 0.3) is 0 Å². The summed E-state index contributed by atoms with van der Waals surface area (Å²) >= 11 is 0. The Morgan fingerprint density at radius 3 is 2.24 bits per heavy atom. The lowest BCUT2D eigenvalue weighted by Crippen LogP contribution is -2.60. The smallest absolute Gasteiger partial charge is 0.328 e. The van der Waals surface area contributed by atoms with Crippen LogP contribution in [-0.2, 0) is 31.4 Å². The van der Waals surface area contributed by atoms with E-state index < -0.39 is 25.6 Å². The molecular formula is C24H30N3O5P. The average molecular weight is 471 g/mol. The van der Waals surface area contributed by atoms with Crippen molar-refractivity contribution in [1.29, 1.82) is 0 Å². The maximum atomic E-state index is 14.0. The van der Waals surface area contributed by atoms with Crippen LogP contribution in [0.2, 0.25) is 0 Å². The topological polar surface area (TPSA) is 99.2 Å². The molecule has 2 aliphatic rings. The molecule has 1 unspecified atom stereocenters. The van der Waals surface area contributed by atoms with E-state index in [2.05, 4.69) is 5.09 Å². The summed E-state index contributed by atoms with van der Waals surface area (Å²) in [6, 6.07) is 17.2. The molecule has 0 radical (unpaired) electrons. The Balaban J connectivity index is 1.56. The largest absolute Gasteiger partial charge is 0.480 e. The van der Waals surface area contributed by atoms with Crippen LogP contribution in [0, 0.1) is 0 Å². The second-order valence-electron chi connectivity index (χ2n) is 8.53. The van der Waals surface area contributed by atoms with E-state index in [4.69, 9.17) is 4.52 Å². The van der Waals surface area contributed by atoms with Crippen LogP contribution in [0.15, 0.2) is 60.7 Å². The number of hydrazine groups is 1. The molecule has 0 aromatic heterocycles. The third-order valence-corrected chi connectivity index (χ3v) is 8.11. The maximum absolute atomic E-state index is 14.0. The molecular weight excluding hydrogens is 441 g/mol. The summed E-state index contributed by atoms with van der Waals surface area (Å²) < 4.78 is 20.0. The SMILES string of the molecule is O=C(O)[C@@H]1CCCN2CCC[C@H](NP(=O)(Cc3ccccc3)OCc3ccccc3)C(=O)N12. The van der Waals surface area contributed by atoms with Crippen molar-refractivity contribution >= 4 is 19.4 Å². The Morgan fingerprint density at radius 1 is 1.00 bits per heavy atom. The molecule has 1 amide bonds. The van der Waals surface area contributed by atoms with Crippen molar-refractivity contribution in [3.8, 4) is 0 Å². The van der Waals surface area contributed by atoms with Gasteiger partial charge in [0.2, 0.25) is 0 Å². The van der Waals surface area contributed by atoms with Gasteiger partial charge in [0, 0.05) is 13.1 Å². The number of hydrogen-bond acceptors (Lipinski definition) is 5. The fraction of sp³-hybridized carbons (Fsp3) is 0.417. The number of rotatable bonds is 8. The molecule has 33 heavy (non-hydrogen) atoms. The van der Waals surface area contributed by atoms with Gasteiger partial charge in [-0.3, -0.25) is 14.4 Å². The summed E-state index contributed by atoms with van der Waals surface area (Å²) in [7, 11) is -3.49. The van der Waals surface area contributed by atoms with Crippen molar-refractivity contribution < 1.29 is 23.8 Å². The van der Waals surface area contributed by atoms with Gasteiger partial charge in [-0.25, -0.2) is 14.9 Å². The van der Waals surface area contributed by atoms with Gasteiger partial charge in [-0.05, 0) is 36.8 Å². The first kappa shape index (κ1) is 23.6. The molecule has 176 valence electrons. The number of fused-ring (bicyclic) bond motifs is 1. The summed E-state index contributed by atoms with van der Waals surface area (Å²) in [6.45, 7) is 1.39. The van der Waals surface area contributed by atoms with E-state index in [-0.39, 0.29) is 18.7 Å². The zero-order valence-electron chi connectivity index (χ0n) is 18.5. The van der Waals surface area contributed by atoms with Gasteiger partial charge in [-0.2, -0.15) is 0 Å². The highest BCUT2D eigenvalue weighted by Crippen LogP contribution is 2.48. The molecule has 2 N–H and O–H groups in total. The summed E-state index contributed by atoms with van der Waals surface area (Å²) in [4.78, 5) is 25.3. The van der Waals surface area contributed by atoms with Gasteiger partial charge in [-0.1, -0.05) is 60.7 Å². The molecule has 0 aliphatic carbocycles. The van der Waals surface area contributed by atoms with Gasteiger partial charge in [0.25, 0.3) is 13.4 Å². The van der Waals surface area contributed by atoms with E-state index in [0.29, 0.717) is 32.4 Å². The molecule has 4 rings (SSSR count). The zero-order chi connectivity index (χ0) is 23.3. The minimum atomic E-state index is -3.49. The van der Waals surface area contributed by atoms with E-state index >= 15 is 0 Å². The van der Waals surface area contributed by atoms with Gasteiger partial charge in [0.15, 0.2) is 0 Å². The molecule has 2 saturated heterocycles. The summed E-state index contributed by atoms with van der Waals surface area (Å²) in [5, 5.41) is 16.0. The molecule has 2 heterocycles. The number of benzene rings is 2. The minimum absolute atomic E-state index is 0.135. The number of carbonyl (C=O) groups is 2. The first-order valence-electron chi connectivity index (χ1n) is 11.4. The van der Waals surface area contributed by atoms with Crippen molar-refractivity contribution in [2.75, 3.05) is 13.1 Å². The fourth-order valence-electron chi connectivity index (χ4n) is 4.46. The fourth-order valence-corrected chi connectivity index (χ4v) is 6.48. The Labute approximate surface area is 194 Å². The summed E-state index contributed by atoms with van der Waals surface area (Å²) in [5.74, 6) is -1.36. The number of aliphatic carboxylic acids is 1. The first-order valence-corrected chi connectivity index (χ1v) is 13.2. The predicted molar refractivity (Wildman–Crippen MR) is 124 cm³/mol. The Bertz CT molecular complexity index is 1000. The van der Waals surface area contributed by atoms with Crippen LogP contribution in [0.5, 0.6) is 0 Å². The van der Waals surface area contributed by atoms with Gasteiger partial charge in [0.05, 0.1) is 18.8 Å². The second-order valence-corrected chi connectivity index (χ2v) is 10.7. The molecule has 2 aliphatic heterocycles. The molecule has 8 nitrogen and oxygen atoms in total. The quantitative estimate of drug-likeness (QED) is 0.567. The standard InChI is InChI=1S/C24H30N3O5P/c28-23-21(13-7-15-26-16-8-14-22(24(29)30)27(23)26)25-33(31,18-20-11-5-2-6-12-20)32-17-19-9-3-1-4-10-19/h1-6,9-12,21-22H,7-8,13-18H2,(H,25,31)(H,29,30)/t21-,22-,33?/m0/s1. The lowest BCUT2D eigenvalue weighted by Gasteiger charge is -2.42. The van der Waals surface area contributed by atoms with Crippen molar-refractivity contribution in [2.24, 2.45) is 0 Å². The number of carbonyl (C=O) groups excluding carboxylic acids is 1. The highest BCUT2D eigenvalue weighted by molar-refractivity contribution is 7.56. The van der Waals surface area contributed by atoms with E-state index in [1.807, 2.05) is 65.7 Å². The van der Waals surface area contributed by atoms with E-state index in [1.165, 1.54) is 5.01 Å². The van der Waals surface area contributed by atoms with Crippen LogP contribution in [0.4, 0.5) is 0 Å². The van der Waals surface area contributed by atoms with E-state index in [9.17, 15) is 19.3 Å². The molecule has 0 saturated carbocycles. The van der Waals surface area contributed by atoms with Crippen LogP contribution in [0.1, 0.15) is 36.8 Å². The van der Waals surface area contributed by atoms with Crippen LogP contribution in [0.3, 0.4) is 0 Å². The molecule has 2 aromatic carbocycles. The maximum Gasteiger partial charge on any atom is 0.328 e. The monoisotopic (exact) mass is 471 g/mol. The minimum Gasteiger partial charge on any atom is -0.480 e. The Morgan fingerprint density at radius 2 is 1.61 bits per heavy atom. The number of carboxylic acids is 1. The molecule has 3 atom stereocenters. The summed E-state index contributed by atoms with van der Waals surface area (Å²) in [6.07, 6.45) is 2.43. The Hall–Kier alpha value is -2.51. The number of amides is 1. The highest BCUT2D eigenvalue weighted by Gasteiger charge is 2.43. The van der Waals surface area contributed by atoms with Gasteiger partial charge < -0.3 is 9.63 Å². The van der Waals surface area contributed by atoms with Gasteiger partial charge in [0.1, 0.15) is 6.04 Å². The third kappa shape index (κ3) is 5.89.